The number of hydrogen-bond acceptors (Lipinski definition) is 8. The van der Waals surface area contributed by atoms with Crippen LogP contribution in [0.1, 0.15) is 18.9 Å². The van der Waals surface area contributed by atoms with Gasteiger partial charge in [-0.05, 0) is 31.2 Å². The molecule has 0 radical (unpaired) electrons. The van der Waals surface area contributed by atoms with Gasteiger partial charge in [-0.3, -0.25) is 9.80 Å². The highest BCUT2D eigenvalue weighted by Crippen LogP contribution is 2.27. The van der Waals surface area contributed by atoms with E-state index in [-0.39, 0.29) is 24.6 Å². The number of amides is 1. The van der Waals surface area contributed by atoms with Crippen molar-refractivity contribution in [1.29, 1.82) is 5.26 Å². The third-order valence-electron chi connectivity index (χ3n) is 5.52. The predicted octanol–water partition coefficient (Wildman–Crippen LogP) is 1.80. The van der Waals surface area contributed by atoms with Crippen LogP contribution in [0.25, 0.3) is 0 Å². The lowest BCUT2D eigenvalue weighted by Gasteiger charge is -2.37. The number of para-hydroxylation sites is 1. The zero-order chi connectivity index (χ0) is 22.5. The molecule has 2 aliphatic heterocycles. The van der Waals surface area contributed by atoms with Crippen LogP contribution in [0.2, 0.25) is 0 Å². The van der Waals surface area contributed by atoms with E-state index in [2.05, 4.69) is 21.1 Å². The van der Waals surface area contributed by atoms with E-state index in [1.807, 2.05) is 30.3 Å². The average molecular weight is 432 g/mol. The molecule has 0 saturated carbocycles. The van der Waals surface area contributed by atoms with E-state index in [0.29, 0.717) is 31.7 Å². The lowest BCUT2D eigenvalue weighted by atomic mass is 10.1. The van der Waals surface area contributed by atoms with E-state index < -0.39 is 12.0 Å². The molecule has 1 fully saturated rings. The van der Waals surface area contributed by atoms with Crippen LogP contribution in [0.15, 0.2) is 53.8 Å². The number of anilines is 2. The van der Waals surface area contributed by atoms with E-state index in [1.54, 1.807) is 35.2 Å². The number of esters is 1. The Morgan fingerprint density at radius 3 is 2.59 bits per heavy atom. The van der Waals surface area contributed by atoms with Gasteiger partial charge in [0, 0.05) is 38.8 Å². The van der Waals surface area contributed by atoms with Crippen LogP contribution in [0.3, 0.4) is 0 Å². The van der Waals surface area contributed by atoms with E-state index in [9.17, 15) is 9.59 Å². The molecule has 2 aliphatic rings. The van der Waals surface area contributed by atoms with Gasteiger partial charge in [-0.15, -0.1) is 0 Å². The summed E-state index contributed by atoms with van der Waals surface area (Å²) in [7, 11) is 0. The van der Waals surface area contributed by atoms with Crippen LogP contribution in [-0.2, 0) is 14.3 Å². The molecule has 1 aromatic heterocycles. The Balaban J connectivity index is 1.47. The molecule has 2 aromatic rings. The highest BCUT2D eigenvalue weighted by Gasteiger charge is 2.39. The van der Waals surface area contributed by atoms with Crippen LogP contribution < -0.4 is 9.91 Å². The van der Waals surface area contributed by atoms with Gasteiger partial charge in [-0.2, -0.15) is 10.4 Å². The number of nitriles is 1. The lowest BCUT2D eigenvalue weighted by molar-refractivity contribution is -0.135. The summed E-state index contributed by atoms with van der Waals surface area (Å²) in [6.07, 6.45) is 1.83. The quantitative estimate of drug-likeness (QED) is 0.664. The zero-order valence-corrected chi connectivity index (χ0v) is 17.8. The summed E-state index contributed by atoms with van der Waals surface area (Å²) in [6, 6.07) is 14.3. The van der Waals surface area contributed by atoms with E-state index in [1.165, 1.54) is 0 Å². The largest absolute Gasteiger partial charge is 0.461 e. The van der Waals surface area contributed by atoms with Crippen LogP contribution >= 0.6 is 0 Å². The number of hydrogen-bond donors (Lipinski definition) is 0. The number of rotatable bonds is 5. The zero-order valence-electron chi connectivity index (χ0n) is 17.8. The van der Waals surface area contributed by atoms with Crippen molar-refractivity contribution >= 4 is 29.1 Å². The smallest absolute Gasteiger partial charge is 0.354 e. The van der Waals surface area contributed by atoms with Gasteiger partial charge in [0.1, 0.15) is 17.6 Å². The van der Waals surface area contributed by atoms with Gasteiger partial charge < -0.3 is 14.5 Å². The fraction of sp³-hybridized carbons (Fsp3) is 0.348. The van der Waals surface area contributed by atoms with Gasteiger partial charge in [-0.1, -0.05) is 18.2 Å². The molecule has 9 heteroatoms. The third kappa shape index (κ3) is 4.39. The Kier molecular flexibility index (Phi) is 6.31. The minimum absolute atomic E-state index is 0.0738. The first kappa shape index (κ1) is 21.3. The number of carbonyl (C=O) groups is 2. The standard InChI is InChI=1S/C23H24N6O3/c1-2-32-23(31)19-15-20(29(26-19)18-6-4-3-5-7-18)22(30)28-12-10-27(11-13-28)21-14-17(16-24)8-9-25-21/h3-9,14,20H,2,10-13,15H2,1H3. The Morgan fingerprint density at radius 1 is 1.16 bits per heavy atom. The molecule has 1 amide bonds. The SMILES string of the molecule is CCOC(=O)C1=NN(c2ccccc2)C(C(=O)N2CCN(c3cc(C#N)ccn3)CC2)C1. The molecule has 0 spiro atoms. The summed E-state index contributed by atoms with van der Waals surface area (Å²) < 4.78 is 5.11. The topological polar surface area (TPSA) is 102 Å². The van der Waals surface area contributed by atoms with Crippen molar-refractivity contribution in [3.63, 3.8) is 0 Å². The van der Waals surface area contributed by atoms with Gasteiger partial charge in [-0.25, -0.2) is 9.78 Å². The number of piperazine rings is 1. The molecule has 0 aliphatic carbocycles. The third-order valence-corrected chi connectivity index (χ3v) is 5.52. The molecule has 1 atom stereocenters. The van der Waals surface area contributed by atoms with Crippen molar-refractivity contribution in [2.45, 2.75) is 19.4 Å². The van der Waals surface area contributed by atoms with Gasteiger partial charge in [0.2, 0.25) is 5.91 Å². The number of hydrazone groups is 1. The summed E-state index contributed by atoms with van der Waals surface area (Å²) in [5.41, 5.74) is 1.56. The number of aromatic nitrogens is 1. The molecular formula is C23H24N6O3. The number of nitrogens with zero attached hydrogens (tertiary/aromatic N) is 6. The normalized spacial score (nSPS) is 18.2. The second-order valence-electron chi connectivity index (χ2n) is 7.49. The molecule has 1 aromatic carbocycles. The molecular weight excluding hydrogens is 408 g/mol. The molecule has 9 nitrogen and oxygen atoms in total. The molecule has 3 heterocycles. The van der Waals surface area contributed by atoms with E-state index in [0.717, 1.165) is 11.5 Å². The van der Waals surface area contributed by atoms with Crippen molar-refractivity contribution in [2.24, 2.45) is 5.10 Å². The number of benzene rings is 1. The minimum Gasteiger partial charge on any atom is -0.461 e. The lowest BCUT2D eigenvalue weighted by Crippen LogP contribution is -2.54. The number of carbonyl (C=O) groups excluding carboxylic acids is 2. The van der Waals surface area contributed by atoms with Crippen molar-refractivity contribution < 1.29 is 14.3 Å². The van der Waals surface area contributed by atoms with Crippen LogP contribution in [-0.4, -0.2) is 66.3 Å². The monoisotopic (exact) mass is 432 g/mol. The first-order valence-electron chi connectivity index (χ1n) is 10.6. The van der Waals surface area contributed by atoms with Crippen molar-refractivity contribution in [1.82, 2.24) is 9.88 Å². The van der Waals surface area contributed by atoms with Crippen LogP contribution in [0.5, 0.6) is 0 Å². The van der Waals surface area contributed by atoms with Gasteiger partial charge >= 0.3 is 5.97 Å². The molecule has 1 saturated heterocycles. The summed E-state index contributed by atoms with van der Waals surface area (Å²) in [6.45, 7) is 4.25. The second-order valence-corrected chi connectivity index (χ2v) is 7.49. The van der Waals surface area contributed by atoms with E-state index in [4.69, 9.17) is 10.00 Å². The molecule has 1 unspecified atom stereocenters. The number of ether oxygens (including phenoxy) is 1. The Bertz CT molecular complexity index is 1060. The van der Waals surface area contributed by atoms with Crippen molar-refractivity contribution in [2.75, 3.05) is 42.7 Å². The van der Waals surface area contributed by atoms with Gasteiger partial charge in [0.05, 0.1) is 23.9 Å². The molecule has 164 valence electrons. The fourth-order valence-corrected chi connectivity index (χ4v) is 3.89. The summed E-state index contributed by atoms with van der Waals surface area (Å²) >= 11 is 0. The first-order chi connectivity index (χ1) is 15.6. The Morgan fingerprint density at radius 2 is 1.91 bits per heavy atom. The maximum absolute atomic E-state index is 13.4. The summed E-state index contributed by atoms with van der Waals surface area (Å²) in [5, 5.41) is 15.2. The maximum Gasteiger partial charge on any atom is 0.354 e. The summed E-state index contributed by atoms with van der Waals surface area (Å²) in [4.78, 5) is 33.9. The first-order valence-corrected chi connectivity index (χ1v) is 10.6. The van der Waals surface area contributed by atoms with Gasteiger partial charge in [0.25, 0.3) is 0 Å². The Labute approximate surface area is 186 Å². The number of pyridine rings is 1. The highest BCUT2D eigenvalue weighted by atomic mass is 16.5. The average Bonchev–Trinajstić information content (AvgIpc) is 3.30. The molecule has 32 heavy (non-hydrogen) atoms. The molecule has 0 bridgehead atoms. The fourth-order valence-electron chi connectivity index (χ4n) is 3.89. The summed E-state index contributed by atoms with van der Waals surface area (Å²) in [5.74, 6) is 0.170. The second kappa shape index (κ2) is 9.47. The van der Waals surface area contributed by atoms with Crippen LogP contribution in [0.4, 0.5) is 11.5 Å². The van der Waals surface area contributed by atoms with Crippen molar-refractivity contribution in [3.05, 3.63) is 54.2 Å². The predicted molar refractivity (Wildman–Crippen MR) is 119 cm³/mol. The molecule has 0 N–H and O–H groups in total. The van der Waals surface area contributed by atoms with Crippen molar-refractivity contribution in [3.8, 4) is 6.07 Å². The highest BCUT2D eigenvalue weighted by molar-refractivity contribution is 6.38. The van der Waals surface area contributed by atoms with Crippen LogP contribution in [0, 0.1) is 11.3 Å². The van der Waals surface area contributed by atoms with E-state index >= 15 is 0 Å². The Hall–Kier alpha value is -3.93. The minimum atomic E-state index is -0.594. The van der Waals surface area contributed by atoms with Gasteiger partial charge in [0.15, 0.2) is 0 Å². The maximum atomic E-state index is 13.4. The molecule has 4 rings (SSSR count).